The van der Waals surface area contributed by atoms with Crippen LogP contribution in [0.15, 0.2) is 66.9 Å². The largest absolute Gasteiger partial charge is 0.384 e. The Bertz CT molecular complexity index is 1080. The van der Waals surface area contributed by atoms with E-state index in [1.807, 2.05) is 6.07 Å². The highest BCUT2D eigenvalue weighted by molar-refractivity contribution is 6.42. The van der Waals surface area contributed by atoms with Gasteiger partial charge in [0, 0.05) is 19.2 Å². The molecule has 0 aliphatic rings. The summed E-state index contributed by atoms with van der Waals surface area (Å²) in [6.07, 6.45) is 1.78. The maximum Gasteiger partial charge on any atom is 0.243 e. The van der Waals surface area contributed by atoms with Crippen molar-refractivity contribution in [3.63, 3.8) is 0 Å². The quantitative estimate of drug-likeness (QED) is 0.402. The van der Waals surface area contributed by atoms with Crippen molar-refractivity contribution in [2.75, 3.05) is 5.73 Å². The second-order valence-electron chi connectivity index (χ2n) is 7.21. The molecule has 2 amide bonds. The summed E-state index contributed by atoms with van der Waals surface area (Å²) in [5.41, 5.74) is 13.8. The lowest BCUT2D eigenvalue weighted by atomic mass is 10.0. The Kier molecular flexibility index (Phi) is 8.05. The number of rotatable bonds is 8. The summed E-state index contributed by atoms with van der Waals surface area (Å²) in [5.74, 6) is -0.452. The van der Waals surface area contributed by atoms with Crippen molar-refractivity contribution in [3.8, 4) is 0 Å². The summed E-state index contributed by atoms with van der Waals surface area (Å²) in [6.45, 7) is 0.227. The Hall–Kier alpha value is -3.13. The molecule has 32 heavy (non-hydrogen) atoms. The molecule has 0 unspecified atom stereocenters. The van der Waals surface area contributed by atoms with E-state index >= 15 is 0 Å². The number of aromatic nitrogens is 1. The number of nitrogens with zero attached hydrogens (tertiary/aromatic N) is 1. The molecule has 0 bridgehead atoms. The third-order valence-corrected chi connectivity index (χ3v) is 5.55. The first-order valence-electron chi connectivity index (χ1n) is 9.86. The number of amides is 2. The molecule has 7 nitrogen and oxygen atoms in total. The first-order chi connectivity index (χ1) is 15.3. The zero-order valence-electron chi connectivity index (χ0n) is 17.1. The third-order valence-electron chi connectivity index (χ3n) is 4.81. The number of nitrogen functional groups attached to an aromatic ring is 1. The van der Waals surface area contributed by atoms with Crippen LogP contribution in [-0.2, 0) is 22.6 Å². The molecule has 0 fully saturated rings. The van der Waals surface area contributed by atoms with Crippen LogP contribution in [-0.4, -0.2) is 22.8 Å². The Balaban J connectivity index is 1.74. The van der Waals surface area contributed by atoms with Crippen LogP contribution < -0.4 is 22.1 Å². The van der Waals surface area contributed by atoms with Gasteiger partial charge in [-0.05, 0) is 34.9 Å². The Morgan fingerprint density at radius 3 is 2.31 bits per heavy atom. The fourth-order valence-electron chi connectivity index (χ4n) is 3.04. The van der Waals surface area contributed by atoms with E-state index in [0.29, 0.717) is 21.4 Å². The van der Waals surface area contributed by atoms with Gasteiger partial charge < -0.3 is 22.1 Å². The molecule has 2 atom stereocenters. The first-order valence-corrected chi connectivity index (χ1v) is 10.6. The number of carbonyl (C=O) groups is 2. The summed E-state index contributed by atoms with van der Waals surface area (Å²) < 4.78 is 0. The lowest BCUT2D eigenvalue weighted by Crippen LogP contribution is -2.50. The van der Waals surface area contributed by atoms with Crippen LogP contribution >= 0.6 is 23.2 Å². The van der Waals surface area contributed by atoms with Gasteiger partial charge in [0.1, 0.15) is 17.9 Å². The van der Waals surface area contributed by atoms with Gasteiger partial charge in [0.05, 0.1) is 10.0 Å². The van der Waals surface area contributed by atoms with E-state index in [1.165, 1.54) is 0 Å². The number of hydrogen-bond donors (Lipinski definition) is 4. The number of carbonyl (C=O) groups excluding carboxylic acids is 2. The van der Waals surface area contributed by atoms with Crippen molar-refractivity contribution in [2.45, 2.75) is 25.0 Å². The van der Waals surface area contributed by atoms with E-state index in [9.17, 15) is 9.59 Å². The third kappa shape index (κ3) is 6.43. The normalized spacial score (nSPS) is 12.6. The average Bonchev–Trinajstić information content (AvgIpc) is 2.80. The van der Waals surface area contributed by atoms with Crippen LogP contribution in [0.2, 0.25) is 10.0 Å². The van der Waals surface area contributed by atoms with Gasteiger partial charge >= 0.3 is 0 Å². The molecule has 1 aromatic heterocycles. The minimum absolute atomic E-state index is 0.204. The minimum Gasteiger partial charge on any atom is -0.384 e. The Morgan fingerprint density at radius 1 is 0.938 bits per heavy atom. The van der Waals surface area contributed by atoms with Crippen molar-refractivity contribution in [3.05, 3.63) is 93.6 Å². The molecule has 0 saturated heterocycles. The number of benzene rings is 2. The van der Waals surface area contributed by atoms with E-state index in [-0.39, 0.29) is 18.9 Å². The van der Waals surface area contributed by atoms with Crippen molar-refractivity contribution in [1.82, 2.24) is 15.6 Å². The standard InChI is InChI=1S/C23H23Cl2N5O2/c24-17-8-6-14(10-18(17)25)11-19(22(31)29-13-15-7-9-20(26)28-12-15)30-23(32)21(27)16-4-2-1-3-5-16/h1-10,12,19,21H,11,13,27H2,(H2,26,28)(H,29,31)(H,30,32)/t19-,21-/m0/s1. The van der Waals surface area contributed by atoms with Gasteiger partial charge in [-0.1, -0.05) is 65.7 Å². The highest BCUT2D eigenvalue weighted by atomic mass is 35.5. The highest BCUT2D eigenvalue weighted by Crippen LogP contribution is 2.23. The van der Waals surface area contributed by atoms with Gasteiger partial charge in [-0.15, -0.1) is 0 Å². The van der Waals surface area contributed by atoms with Gasteiger partial charge in [0.25, 0.3) is 0 Å². The summed E-state index contributed by atoms with van der Waals surface area (Å²) in [4.78, 5) is 29.8. The molecule has 0 radical (unpaired) electrons. The van der Waals surface area contributed by atoms with Gasteiger partial charge in [0.2, 0.25) is 11.8 Å². The SMILES string of the molecule is Nc1ccc(CNC(=O)[C@H](Cc2ccc(Cl)c(Cl)c2)NC(=O)[C@@H](N)c2ccccc2)cn1. The summed E-state index contributed by atoms with van der Waals surface area (Å²) in [7, 11) is 0. The zero-order valence-corrected chi connectivity index (χ0v) is 18.6. The average molecular weight is 472 g/mol. The second-order valence-corrected chi connectivity index (χ2v) is 8.03. The molecule has 3 rings (SSSR count). The van der Waals surface area contributed by atoms with Gasteiger partial charge in [0.15, 0.2) is 0 Å². The van der Waals surface area contributed by atoms with Crippen molar-refractivity contribution >= 4 is 40.8 Å². The Labute approximate surface area is 196 Å². The number of halogens is 2. The fourth-order valence-corrected chi connectivity index (χ4v) is 3.36. The second kappa shape index (κ2) is 10.9. The maximum atomic E-state index is 13.0. The van der Waals surface area contributed by atoms with Crippen LogP contribution in [0.5, 0.6) is 0 Å². The van der Waals surface area contributed by atoms with E-state index in [1.54, 1.807) is 60.8 Å². The van der Waals surface area contributed by atoms with E-state index in [2.05, 4.69) is 15.6 Å². The maximum absolute atomic E-state index is 13.0. The molecule has 2 aromatic carbocycles. The molecule has 166 valence electrons. The fraction of sp³-hybridized carbons (Fsp3) is 0.174. The number of pyridine rings is 1. The van der Waals surface area contributed by atoms with Crippen molar-refractivity contribution in [1.29, 1.82) is 0 Å². The van der Waals surface area contributed by atoms with Gasteiger partial charge in [-0.3, -0.25) is 9.59 Å². The molecule has 1 heterocycles. The lowest BCUT2D eigenvalue weighted by molar-refractivity contribution is -0.129. The highest BCUT2D eigenvalue weighted by Gasteiger charge is 2.25. The van der Waals surface area contributed by atoms with E-state index in [0.717, 1.165) is 11.1 Å². The summed E-state index contributed by atoms with van der Waals surface area (Å²) in [6, 6.07) is 15.6. The number of nitrogens with two attached hydrogens (primary N) is 2. The van der Waals surface area contributed by atoms with Crippen LogP contribution in [0, 0.1) is 0 Å². The molecule has 0 spiro atoms. The molecule has 9 heteroatoms. The molecular formula is C23H23Cl2N5O2. The topological polar surface area (TPSA) is 123 Å². The molecule has 0 saturated carbocycles. The Morgan fingerprint density at radius 2 is 1.66 bits per heavy atom. The predicted molar refractivity (Wildman–Crippen MR) is 126 cm³/mol. The monoisotopic (exact) mass is 471 g/mol. The molecule has 6 N–H and O–H groups in total. The summed E-state index contributed by atoms with van der Waals surface area (Å²) in [5, 5.41) is 6.34. The lowest BCUT2D eigenvalue weighted by Gasteiger charge is -2.21. The molecule has 3 aromatic rings. The van der Waals surface area contributed by atoms with Crippen molar-refractivity contribution in [2.24, 2.45) is 5.73 Å². The molecule has 0 aliphatic carbocycles. The van der Waals surface area contributed by atoms with E-state index < -0.39 is 18.0 Å². The van der Waals surface area contributed by atoms with Crippen molar-refractivity contribution < 1.29 is 9.59 Å². The van der Waals surface area contributed by atoms with E-state index in [4.69, 9.17) is 34.7 Å². The number of anilines is 1. The minimum atomic E-state index is -0.915. The van der Waals surface area contributed by atoms with Gasteiger partial charge in [-0.25, -0.2) is 4.98 Å². The van der Waals surface area contributed by atoms with Gasteiger partial charge in [-0.2, -0.15) is 0 Å². The van der Waals surface area contributed by atoms with Crippen LogP contribution in [0.3, 0.4) is 0 Å². The predicted octanol–water partition coefficient (Wildman–Crippen LogP) is 3.01. The first kappa shape index (κ1) is 23.5. The number of nitrogens with one attached hydrogen (secondary N) is 2. The van der Waals surface area contributed by atoms with Crippen LogP contribution in [0.1, 0.15) is 22.7 Å². The van der Waals surface area contributed by atoms with Crippen LogP contribution in [0.4, 0.5) is 5.82 Å². The zero-order chi connectivity index (χ0) is 23.1. The smallest absolute Gasteiger partial charge is 0.243 e. The van der Waals surface area contributed by atoms with Crippen LogP contribution in [0.25, 0.3) is 0 Å². The molecule has 0 aliphatic heterocycles. The number of hydrogen-bond acceptors (Lipinski definition) is 5. The molecular weight excluding hydrogens is 449 g/mol. The summed E-state index contributed by atoms with van der Waals surface area (Å²) >= 11 is 12.1.